The molecule has 108 valence electrons. The van der Waals surface area contributed by atoms with E-state index in [1.54, 1.807) is 0 Å². The predicted molar refractivity (Wildman–Crippen MR) is 93.7 cm³/mol. The van der Waals surface area contributed by atoms with Gasteiger partial charge >= 0.3 is 0 Å². The maximum atomic E-state index is 12.2. The molecule has 3 nitrogen and oxygen atoms in total. The molecule has 0 aliphatic rings. The Morgan fingerprint density at radius 2 is 1.62 bits per heavy atom. The lowest BCUT2D eigenvalue weighted by Gasteiger charge is -2.10. The van der Waals surface area contributed by atoms with Gasteiger partial charge in [-0.05, 0) is 62.5 Å². The molecule has 2 aromatic rings. The normalized spacial score (nSPS) is 10.0. The van der Waals surface area contributed by atoms with Gasteiger partial charge in [0.25, 0.3) is 5.91 Å². The Hall–Kier alpha value is -1.72. The van der Waals surface area contributed by atoms with Crippen molar-refractivity contribution in [3.8, 4) is 0 Å². The average Bonchev–Trinajstić information content (AvgIpc) is 2.40. The number of benzene rings is 2. The molecule has 0 fully saturated rings. The summed E-state index contributed by atoms with van der Waals surface area (Å²) in [7, 11) is 0. The van der Waals surface area contributed by atoms with E-state index in [2.05, 4.69) is 26.6 Å². The summed E-state index contributed by atoms with van der Waals surface area (Å²) in [5.41, 5.74) is 3.52. The number of carbonyl (C=O) groups is 1. The monoisotopic (exact) mass is 362 g/mol. The van der Waals surface area contributed by atoms with E-state index in [4.69, 9.17) is 12.2 Å². The van der Waals surface area contributed by atoms with Crippen molar-refractivity contribution < 1.29 is 4.79 Å². The SMILES string of the molecule is Cc1cc(C)cc(C(=O)NC(=S)Nc2ccc(Br)cc2)c1. The van der Waals surface area contributed by atoms with Crippen LogP contribution in [0.2, 0.25) is 0 Å². The lowest BCUT2D eigenvalue weighted by atomic mass is 10.1. The molecule has 2 rings (SSSR count). The van der Waals surface area contributed by atoms with Crippen LogP contribution in [0.15, 0.2) is 46.9 Å². The minimum absolute atomic E-state index is 0.212. The summed E-state index contributed by atoms with van der Waals surface area (Å²) in [6, 6.07) is 13.2. The summed E-state index contributed by atoms with van der Waals surface area (Å²) in [5, 5.41) is 5.94. The van der Waals surface area contributed by atoms with Gasteiger partial charge in [-0.25, -0.2) is 0 Å². The van der Waals surface area contributed by atoms with Gasteiger partial charge in [-0.3, -0.25) is 10.1 Å². The van der Waals surface area contributed by atoms with Crippen LogP contribution in [0.4, 0.5) is 5.69 Å². The van der Waals surface area contributed by atoms with Crippen molar-refractivity contribution in [2.75, 3.05) is 5.32 Å². The summed E-state index contributed by atoms with van der Waals surface area (Å²) in [6.45, 7) is 3.92. The van der Waals surface area contributed by atoms with Gasteiger partial charge in [-0.2, -0.15) is 0 Å². The van der Waals surface area contributed by atoms with Crippen molar-refractivity contribution in [1.29, 1.82) is 0 Å². The molecule has 0 saturated carbocycles. The highest BCUT2D eigenvalue weighted by Gasteiger charge is 2.09. The number of amides is 1. The zero-order valence-corrected chi connectivity index (χ0v) is 14.1. The Kier molecular flexibility index (Phi) is 5.09. The summed E-state index contributed by atoms with van der Waals surface area (Å²) >= 11 is 8.52. The number of anilines is 1. The summed E-state index contributed by atoms with van der Waals surface area (Å²) < 4.78 is 0.984. The topological polar surface area (TPSA) is 41.1 Å². The molecule has 0 unspecified atom stereocenters. The zero-order valence-electron chi connectivity index (χ0n) is 11.7. The molecule has 0 aliphatic carbocycles. The van der Waals surface area contributed by atoms with E-state index in [1.165, 1.54) is 0 Å². The molecule has 0 spiro atoms. The van der Waals surface area contributed by atoms with Gasteiger partial charge < -0.3 is 5.32 Å². The van der Waals surface area contributed by atoms with Gasteiger partial charge in [0.1, 0.15) is 0 Å². The van der Waals surface area contributed by atoms with Gasteiger partial charge in [0.05, 0.1) is 0 Å². The van der Waals surface area contributed by atoms with Gasteiger partial charge in [0.15, 0.2) is 5.11 Å². The number of halogens is 1. The third kappa shape index (κ3) is 4.65. The van der Waals surface area contributed by atoms with E-state index in [0.29, 0.717) is 5.56 Å². The first-order valence-corrected chi connectivity index (χ1v) is 7.60. The zero-order chi connectivity index (χ0) is 15.4. The lowest BCUT2D eigenvalue weighted by Crippen LogP contribution is -2.34. The molecule has 5 heteroatoms. The smallest absolute Gasteiger partial charge is 0.257 e. The third-order valence-corrected chi connectivity index (χ3v) is 3.55. The fraction of sp³-hybridized carbons (Fsp3) is 0.125. The minimum Gasteiger partial charge on any atom is -0.332 e. The second-order valence-corrected chi connectivity index (χ2v) is 6.12. The first-order chi connectivity index (χ1) is 9.94. The van der Waals surface area contributed by atoms with Crippen LogP contribution in [0.5, 0.6) is 0 Å². The van der Waals surface area contributed by atoms with Crippen molar-refractivity contribution in [3.63, 3.8) is 0 Å². The van der Waals surface area contributed by atoms with E-state index < -0.39 is 0 Å². The number of nitrogens with one attached hydrogen (secondary N) is 2. The molecule has 0 atom stereocenters. The standard InChI is InChI=1S/C16H15BrN2OS/c1-10-7-11(2)9-12(8-10)15(20)19-16(21)18-14-5-3-13(17)4-6-14/h3-9H,1-2H3,(H2,18,19,20,21). The van der Waals surface area contributed by atoms with E-state index in [-0.39, 0.29) is 11.0 Å². The van der Waals surface area contributed by atoms with Crippen LogP contribution in [0, 0.1) is 13.8 Å². The Morgan fingerprint density at radius 1 is 1.05 bits per heavy atom. The van der Waals surface area contributed by atoms with Gasteiger partial charge in [0, 0.05) is 15.7 Å². The largest absolute Gasteiger partial charge is 0.332 e. The van der Waals surface area contributed by atoms with Crippen molar-refractivity contribution in [1.82, 2.24) is 5.32 Å². The molecule has 0 bridgehead atoms. The fourth-order valence-corrected chi connectivity index (χ4v) is 2.45. The number of aryl methyl sites for hydroxylation is 2. The van der Waals surface area contributed by atoms with Crippen LogP contribution in [-0.2, 0) is 0 Å². The minimum atomic E-state index is -0.212. The van der Waals surface area contributed by atoms with Crippen LogP contribution in [0.25, 0.3) is 0 Å². The third-order valence-electron chi connectivity index (χ3n) is 2.81. The molecule has 0 saturated heterocycles. The summed E-state index contributed by atoms with van der Waals surface area (Å²) in [5.74, 6) is -0.212. The number of thiocarbonyl (C=S) groups is 1. The molecule has 0 aromatic heterocycles. The van der Waals surface area contributed by atoms with Crippen molar-refractivity contribution >= 4 is 44.9 Å². The predicted octanol–water partition coefficient (Wildman–Crippen LogP) is 4.19. The maximum Gasteiger partial charge on any atom is 0.257 e. The first-order valence-electron chi connectivity index (χ1n) is 6.40. The maximum absolute atomic E-state index is 12.2. The molecule has 2 N–H and O–H groups in total. The molecular weight excluding hydrogens is 348 g/mol. The number of hydrogen-bond donors (Lipinski definition) is 2. The second-order valence-electron chi connectivity index (χ2n) is 4.79. The first kappa shape index (κ1) is 15.7. The Labute approximate surface area is 137 Å². The van der Waals surface area contributed by atoms with E-state index >= 15 is 0 Å². The second kappa shape index (κ2) is 6.83. The number of rotatable bonds is 2. The molecule has 2 aromatic carbocycles. The van der Waals surface area contributed by atoms with Crippen molar-refractivity contribution in [2.24, 2.45) is 0 Å². The van der Waals surface area contributed by atoms with Crippen LogP contribution in [0.3, 0.4) is 0 Å². The summed E-state index contributed by atoms with van der Waals surface area (Å²) in [4.78, 5) is 12.2. The van der Waals surface area contributed by atoms with Gasteiger partial charge in [-0.1, -0.05) is 33.1 Å². The van der Waals surface area contributed by atoms with E-state index in [9.17, 15) is 4.79 Å². The average molecular weight is 363 g/mol. The lowest BCUT2D eigenvalue weighted by molar-refractivity contribution is 0.0977. The van der Waals surface area contributed by atoms with Crippen LogP contribution < -0.4 is 10.6 Å². The van der Waals surface area contributed by atoms with E-state index in [1.807, 2.05) is 56.3 Å². The molecule has 21 heavy (non-hydrogen) atoms. The summed E-state index contributed by atoms with van der Waals surface area (Å²) in [6.07, 6.45) is 0. The highest BCUT2D eigenvalue weighted by Crippen LogP contribution is 2.14. The van der Waals surface area contributed by atoms with E-state index in [0.717, 1.165) is 21.3 Å². The highest BCUT2D eigenvalue weighted by molar-refractivity contribution is 9.10. The number of hydrogen-bond acceptors (Lipinski definition) is 2. The molecule has 1 amide bonds. The van der Waals surface area contributed by atoms with Crippen LogP contribution in [-0.4, -0.2) is 11.0 Å². The van der Waals surface area contributed by atoms with Gasteiger partial charge in [-0.15, -0.1) is 0 Å². The molecule has 0 radical (unpaired) electrons. The van der Waals surface area contributed by atoms with Gasteiger partial charge in [0.2, 0.25) is 0 Å². The molecular formula is C16H15BrN2OS. The number of carbonyl (C=O) groups excluding carboxylic acids is 1. The molecule has 0 aliphatic heterocycles. The van der Waals surface area contributed by atoms with Crippen molar-refractivity contribution in [3.05, 3.63) is 63.6 Å². The Balaban J connectivity index is 2.01. The fourth-order valence-electron chi connectivity index (χ4n) is 1.98. The highest BCUT2D eigenvalue weighted by atomic mass is 79.9. The molecule has 0 heterocycles. The van der Waals surface area contributed by atoms with Crippen LogP contribution in [0.1, 0.15) is 21.5 Å². The quantitative estimate of drug-likeness (QED) is 0.786. The Bertz CT molecular complexity index is 663. The Morgan fingerprint density at radius 3 is 2.19 bits per heavy atom. The van der Waals surface area contributed by atoms with Crippen molar-refractivity contribution in [2.45, 2.75) is 13.8 Å². The van der Waals surface area contributed by atoms with Crippen LogP contribution >= 0.6 is 28.1 Å².